The maximum Gasteiger partial charge on any atom is 0.246 e. The van der Waals surface area contributed by atoms with Gasteiger partial charge in [0.25, 0.3) is 0 Å². The fourth-order valence-electron chi connectivity index (χ4n) is 2.65. The van der Waals surface area contributed by atoms with Gasteiger partial charge in [-0.15, -0.1) is 0 Å². The number of aryl methyl sites for hydroxylation is 2. The molecule has 0 aliphatic heterocycles. The lowest BCUT2D eigenvalue weighted by Gasteiger charge is -2.33. The van der Waals surface area contributed by atoms with Crippen molar-refractivity contribution in [2.24, 2.45) is 0 Å². The average Bonchev–Trinajstić information content (AvgIpc) is 2.59. The van der Waals surface area contributed by atoms with Gasteiger partial charge in [-0.1, -0.05) is 20.3 Å². The summed E-state index contributed by atoms with van der Waals surface area (Å²) in [4.78, 5) is 0.350. The van der Waals surface area contributed by atoms with Crippen LogP contribution in [0.4, 0.5) is 0 Å². The van der Waals surface area contributed by atoms with Crippen LogP contribution in [-0.4, -0.2) is 31.9 Å². The Morgan fingerprint density at radius 2 is 1.90 bits per heavy atom. The Kier molecular flexibility index (Phi) is 4.80. The van der Waals surface area contributed by atoms with Gasteiger partial charge in [0.2, 0.25) is 10.0 Å². The van der Waals surface area contributed by atoms with Crippen LogP contribution in [0.5, 0.6) is 0 Å². The first-order valence-electron chi connectivity index (χ1n) is 7.55. The van der Waals surface area contributed by atoms with Gasteiger partial charge in [0.15, 0.2) is 0 Å². The van der Waals surface area contributed by atoms with E-state index in [1.54, 1.807) is 14.0 Å². The molecule has 0 bridgehead atoms. The van der Waals surface area contributed by atoms with Gasteiger partial charge < -0.3 is 9.73 Å². The topological polar surface area (TPSA) is 62.6 Å². The van der Waals surface area contributed by atoms with Crippen molar-refractivity contribution in [3.8, 4) is 0 Å². The molecule has 6 heteroatoms. The minimum atomic E-state index is -3.49. The summed E-state index contributed by atoms with van der Waals surface area (Å²) in [5.74, 6) is 1.17. The third-order valence-corrected chi connectivity index (χ3v) is 6.34. The van der Waals surface area contributed by atoms with Gasteiger partial charge in [-0.05, 0) is 26.7 Å². The smallest absolute Gasteiger partial charge is 0.246 e. The highest BCUT2D eigenvalue weighted by atomic mass is 32.2. The molecule has 0 aromatic carbocycles. The molecule has 1 aliphatic carbocycles. The van der Waals surface area contributed by atoms with E-state index in [1.165, 1.54) is 4.31 Å². The third-order valence-electron chi connectivity index (χ3n) is 4.24. The lowest BCUT2D eigenvalue weighted by molar-refractivity contribution is 0.249. The second-order valence-corrected chi connectivity index (χ2v) is 8.10. The van der Waals surface area contributed by atoms with Gasteiger partial charge in [0, 0.05) is 31.2 Å². The molecular formula is C15H26N2O3S. The molecular weight excluding hydrogens is 288 g/mol. The summed E-state index contributed by atoms with van der Waals surface area (Å²) < 4.78 is 32.9. The van der Waals surface area contributed by atoms with Crippen molar-refractivity contribution >= 4 is 10.0 Å². The standard InChI is InChI=1S/C15H26N2O3S/c1-10(2)16-9-14-11(3)20-12(4)15(14)21(18,19)17(5)13-7-6-8-13/h10,13,16H,6-9H2,1-5H3. The van der Waals surface area contributed by atoms with E-state index >= 15 is 0 Å². The van der Waals surface area contributed by atoms with E-state index in [1.807, 2.05) is 20.8 Å². The van der Waals surface area contributed by atoms with Crippen molar-refractivity contribution < 1.29 is 12.8 Å². The summed E-state index contributed by atoms with van der Waals surface area (Å²) in [6.45, 7) is 8.14. The Hall–Kier alpha value is -0.850. The Morgan fingerprint density at radius 3 is 2.38 bits per heavy atom. The normalized spacial score (nSPS) is 16.7. The minimum absolute atomic E-state index is 0.135. The first-order valence-corrected chi connectivity index (χ1v) is 8.99. The van der Waals surface area contributed by atoms with Crippen LogP contribution in [0.2, 0.25) is 0 Å². The number of nitrogens with zero attached hydrogens (tertiary/aromatic N) is 1. The molecule has 1 fully saturated rings. The molecule has 5 nitrogen and oxygen atoms in total. The molecule has 120 valence electrons. The van der Waals surface area contributed by atoms with Crippen molar-refractivity contribution in [1.82, 2.24) is 9.62 Å². The zero-order valence-corrected chi connectivity index (χ0v) is 14.4. The van der Waals surface area contributed by atoms with E-state index in [4.69, 9.17) is 4.42 Å². The van der Waals surface area contributed by atoms with Crippen LogP contribution in [0, 0.1) is 13.8 Å². The summed E-state index contributed by atoms with van der Waals surface area (Å²) in [6, 6.07) is 0.426. The molecule has 0 amide bonds. The first-order chi connectivity index (χ1) is 9.75. The molecule has 0 spiro atoms. The lowest BCUT2D eigenvalue weighted by atomic mass is 9.94. The summed E-state index contributed by atoms with van der Waals surface area (Å²) in [5.41, 5.74) is 0.757. The van der Waals surface area contributed by atoms with Crippen molar-refractivity contribution in [3.63, 3.8) is 0 Å². The molecule has 0 unspecified atom stereocenters. The predicted molar refractivity (Wildman–Crippen MR) is 82.7 cm³/mol. The fourth-order valence-corrected chi connectivity index (χ4v) is 4.47. The molecule has 1 saturated carbocycles. The van der Waals surface area contributed by atoms with E-state index in [0.29, 0.717) is 29.0 Å². The Balaban J connectivity index is 2.37. The monoisotopic (exact) mass is 314 g/mol. The molecule has 1 aliphatic rings. The number of hydrogen-bond acceptors (Lipinski definition) is 4. The predicted octanol–water partition coefficient (Wildman–Crippen LogP) is 2.57. The van der Waals surface area contributed by atoms with Gasteiger partial charge in [0.05, 0.1) is 0 Å². The van der Waals surface area contributed by atoms with Crippen LogP contribution in [0.15, 0.2) is 9.31 Å². The maximum atomic E-state index is 12.9. The first kappa shape index (κ1) is 16.5. The van der Waals surface area contributed by atoms with Gasteiger partial charge in [0.1, 0.15) is 16.4 Å². The van der Waals surface area contributed by atoms with Crippen LogP contribution < -0.4 is 5.32 Å². The highest BCUT2D eigenvalue weighted by Crippen LogP contribution is 2.33. The zero-order valence-electron chi connectivity index (χ0n) is 13.6. The summed E-state index contributed by atoms with van der Waals surface area (Å²) >= 11 is 0. The van der Waals surface area contributed by atoms with E-state index < -0.39 is 10.0 Å². The van der Waals surface area contributed by atoms with Gasteiger partial charge in [-0.25, -0.2) is 8.42 Å². The molecule has 0 atom stereocenters. The zero-order chi connectivity index (χ0) is 15.8. The number of sulfonamides is 1. The van der Waals surface area contributed by atoms with Crippen LogP contribution >= 0.6 is 0 Å². The molecule has 1 aromatic heterocycles. The van der Waals surface area contributed by atoms with Crippen molar-refractivity contribution in [2.75, 3.05) is 7.05 Å². The average molecular weight is 314 g/mol. The molecule has 1 aromatic rings. The number of rotatable bonds is 6. The van der Waals surface area contributed by atoms with Crippen molar-refractivity contribution in [2.45, 2.75) is 70.5 Å². The van der Waals surface area contributed by atoms with Crippen LogP contribution in [0.3, 0.4) is 0 Å². The number of hydrogen-bond donors (Lipinski definition) is 1. The lowest BCUT2D eigenvalue weighted by Crippen LogP contribution is -2.41. The van der Waals surface area contributed by atoms with Gasteiger partial charge in [-0.2, -0.15) is 4.31 Å². The largest absolute Gasteiger partial charge is 0.465 e. The van der Waals surface area contributed by atoms with Crippen LogP contribution in [0.1, 0.15) is 50.2 Å². The van der Waals surface area contributed by atoms with E-state index in [2.05, 4.69) is 5.32 Å². The molecule has 0 saturated heterocycles. The second-order valence-electron chi connectivity index (χ2n) is 6.16. The Morgan fingerprint density at radius 1 is 1.29 bits per heavy atom. The molecule has 1 N–H and O–H groups in total. The van der Waals surface area contributed by atoms with E-state index in [0.717, 1.165) is 24.8 Å². The molecule has 21 heavy (non-hydrogen) atoms. The maximum absolute atomic E-state index is 12.9. The summed E-state index contributed by atoms with van der Waals surface area (Å²) in [7, 11) is -1.81. The molecule has 0 radical (unpaired) electrons. The summed E-state index contributed by atoms with van der Waals surface area (Å²) in [5, 5.41) is 3.28. The van der Waals surface area contributed by atoms with Crippen LogP contribution in [0.25, 0.3) is 0 Å². The minimum Gasteiger partial charge on any atom is -0.465 e. The van der Waals surface area contributed by atoms with Gasteiger partial charge in [-0.3, -0.25) is 0 Å². The molecule has 1 heterocycles. The summed E-state index contributed by atoms with van der Waals surface area (Å²) in [6.07, 6.45) is 3.01. The Bertz CT molecular complexity index is 601. The van der Waals surface area contributed by atoms with E-state index in [-0.39, 0.29) is 6.04 Å². The van der Waals surface area contributed by atoms with E-state index in [9.17, 15) is 8.42 Å². The van der Waals surface area contributed by atoms with Crippen molar-refractivity contribution in [1.29, 1.82) is 0 Å². The van der Waals surface area contributed by atoms with Crippen LogP contribution in [-0.2, 0) is 16.6 Å². The highest BCUT2D eigenvalue weighted by Gasteiger charge is 2.36. The fraction of sp³-hybridized carbons (Fsp3) is 0.733. The third kappa shape index (κ3) is 3.17. The number of nitrogens with one attached hydrogen (secondary N) is 1. The molecule has 2 rings (SSSR count). The Labute approximate surface area is 127 Å². The second kappa shape index (κ2) is 6.10. The quantitative estimate of drug-likeness (QED) is 0.876. The highest BCUT2D eigenvalue weighted by molar-refractivity contribution is 7.89. The SMILES string of the molecule is Cc1oc(C)c(S(=O)(=O)N(C)C2CCC2)c1CNC(C)C. The number of furan rings is 1. The van der Waals surface area contributed by atoms with Crippen molar-refractivity contribution in [3.05, 3.63) is 17.1 Å². The van der Waals surface area contributed by atoms with Gasteiger partial charge >= 0.3 is 0 Å².